The molecule has 1 unspecified atom stereocenters. The first-order chi connectivity index (χ1) is 9.11. The first-order valence-electron chi connectivity index (χ1n) is 6.67. The number of aliphatic hydroxyl groups excluding tert-OH is 1. The molecule has 1 aromatic rings. The average Bonchev–Trinajstić information content (AvgIpc) is 2.39. The summed E-state index contributed by atoms with van der Waals surface area (Å²) in [7, 11) is 0. The van der Waals surface area contributed by atoms with Gasteiger partial charge in [0.15, 0.2) is 0 Å². The molecular weight excluding hydrogens is 242 g/mol. The van der Waals surface area contributed by atoms with Gasteiger partial charge >= 0.3 is 0 Å². The number of nitrogen functional groups attached to an aromatic ring is 1. The summed E-state index contributed by atoms with van der Waals surface area (Å²) >= 11 is 0. The van der Waals surface area contributed by atoms with Gasteiger partial charge in [0.25, 0.3) is 5.91 Å². The first-order valence-corrected chi connectivity index (χ1v) is 6.67. The highest BCUT2D eigenvalue weighted by Gasteiger charge is 2.22. The number of hydrogen-bond acceptors (Lipinski definition) is 4. The number of amides is 1. The average molecular weight is 263 g/mol. The topological polar surface area (TPSA) is 92.6 Å². The monoisotopic (exact) mass is 263 g/mol. The van der Waals surface area contributed by atoms with E-state index in [1.54, 1.807) is 18.2 Å². The Kier molecular flexibility index (Phi) is 4.27. The maximum absolute atomic E-state index is 11.5. The molecule has 5 nitrogen and oxygen atoms in total. The number of rotatable bonds is 4. The molecule has 0 aliphatic carbocycles. The minimum absolute atomic E-state index is 0.206. The maximum atomic E-state index is 11.5. The Morgan fingerprint density at radius 1 is 1.47 bits per heavy atom. The summed E-state index contributed by atoms with van der Waals surface area (Å²) in [5.74, 6) is 0.0280. The Balaban J connectivity index is 2.24. The number of nitrogens with zero attached hydrogens (tertiary/aromatic N) is 1. The van der Waals surface area contributed by atoms with Gasteiger partial charge < -0.3 is 21.5 Å². The van der Waals surface area contributed by atoms with Crippen LogP contribution in [0.5, 0.6) is 0 Å². The van der Waals surface area contributed by atoms with Crippen molar-refractivity contribution in [3.8, 4) is 0 Å². The van der Waals surface area contributed by atoms with E-state index in [1.807, 2.05) is 0 Å². The molecule has 1 aliphatic heterocycles. The summed E-state index contributed by atoms with van der Waals surface area (Å²) in [5.41, 5.74) is 13.2. The van der Waals surface area contributed by atoms with Crippen molar-refractivity contribution in [2.24, 2.45) is 11.7 Å². The lowest BCUT2D eigenvalue weighted by atomic mass is 9.94. The molecule has 5 N–H and O–H groups in total. The summed E-state index contributed by atoms with van der Waals surface area (Å²) in [4.78, 5) is 13.7. The number of carbonyl (C=O) groups is 1. The second-order valence-electron chi connectivity index (χ2n) is 5.11. The molecule has 0 aromatic heterocycles. The summed E-state index contributed by atoms with van der Waals surface area (Å²) in [6.07, 6.45) is 2.97. The molecule has 1 fully saturated rings. The van der Waals surface area contributed by atoms with Gasteiger partial charge in [-0.05, 0) is 43.4 Å². The largest absolute Gasteiger partial charge is 0.399 e. The molecule has 1 atom stereocenters. The summed E-state index contributed by atoms with van der Waals surface area (Å²) in [6, 6.07) is 5.18. The number of benzene rings is 1. The fraction of sp³-hybridized carbons (Fsp3) is 0.500. The van der Waals surface area contributed by atoms with Crippen molar-refractivity contribution in [3.05, 3.63) is 23.8 Å². The standard InChI is InChI=1S/C14H21N3O2/c15-11-3-4-12(14(16)19)13(8-11)17-6-1-2-10(9-17)5-7-18/h3-4,8,10,18H,1-2,5-7,9,15H2,(H2,16,19). The lowest BCUT2D eigenvalue weighted by Gasteiger charge is -2.35. The van der Waals surface area contributed by atoms with E-state index in [2.05, 4.69) is 4.90 Å². The first kappa shape index (κ1) is 13.7. The van der Waals surface area contributed by atoms with Crippen molar-refractivity contribution >= 4 is 17.3 Å². The second kappa shape index (κ2) is 5.93. The number of anilines is 2. The molecule has 1 heterocycles. The maximum Gasteiger partial charge on any atom is 0.250 e. The number of nitrogens with two attached hydrogens (primary N) is 2. The van der Waals surface area contributed by atoms with Crippen LogP contribution in [0.2, 0.25) is 0 Å². The van der Waals surface area contributed by atoms with Gasteiger partial charge in [-0.1, -0.05) is 0 Å². The fourth-order valence-electron chi connectivity index (χ4n) is 2.72. The smallest absolute Gasteiger partial charge is 0.250 e. The van der Waals surface area contributed by atoms with Gasteiger partial charge in [-0.2, -0.15) is 0 Å². The highest BCUT2D eigenvalue weighted by Crippen LogP contribution is 2.29. The van der Waals surface area contributed by atoms with Crippen LogP contribution in [0.1, 0.15) is 29.6 Å². The molecule has 1 saturated heterocycles. The van der Waals surface area contributed by atoms with Crippen LogP contribution in [-0.4, -0.2) is 30.7 Å². The molecule has 104 valence electrons. The van der Waals surface area contributed by atoms with E-state index in [9.17, 15) is 4.79 Å². The van der Waals surface area contributed by atoms with E-state index in [0.717, 1.165) is 38.0 Å². The third kappa shape index (κ3) is 3.17. The molecule has 0 radical (unpaired) electrons. The molecular formula is C14H21N3O2. The molecule has 2 rings (SSSR count). The van der Waals surface area contributed by atoms with Crippen molar-refractivity contribution in [1.82, 2.24) is 0 Å². The van der Waals surface area contributed by atoms with E-state index >= 15 is 0 Å². The van der Waals surface area contributed by atoms with Crippen LogP contribution in [-0.2, 0) is 0 Å². The zero-order valence-electron chi connectivity index (χ0n) is 11.0. The predicted molar refractivity (Wildman–Crippen MR) is 76.0 cm³/mol. The number of aliphatic hydroxyl groups is 1. The lowest BCUT2D eigenvalue weighted by molar-refractivity contribution is 0.100. The molecule has 0 spiro atoms. The van der Waals surface area contributed by atoms with E-state index < -0.39 is 5.91 Å². The van der Waals surface area contributed by atoms with Gasteiger partial charge in [-0.3, -0.25) is 4.79 Å². The Bertz CT molecular complexity index is 460. The van der Waals surface area contributed by atoms with Crippen molar-refractivity contribution in [1.29, 1.82) is 0 Å². The number of hydrogen-bond donors (Lipinski definition) is 3. The van der Waals surface area contributed by atoms with Crippen molar-refractivity contribution in [2.75, 3.05) is 30.3 Å². The SMILES string of the molecule is NC(=O)c1ccc(N)cc1N1CCCC(CCO)C1. The summed E-state index contributed by atoms with van der Waals surface area (Å²) in [6.45, 7) is 1.94. The molecule has 1 aromatic carbocycles. The zero-order chi connectivity index (χ0) is 13.8. The minimum Gasteiger partial charge on any atom is -0.399 e. The lowest BCUT2D eigenvalue weighted by Crippen LogP contribution is -2.37. The highest BCUT2D eigenvalue weighted by atomic mass is 16.3. The van der Waals surface area contributed by atoms with Crippen LogP contribution in [0.4, 0.5) is 11.4 Å². The van der Waals surface area contributed by atoms with Crippen LogP contribution >= 0.6 is 0 Å². The van der Waals surface area contributed by atoms with Gasteiger partial charge in [-0.25, -0.2) is 0 Å². The summed E-state index contributed by atoms with van der Waals surface area (Å²) < 4.78 is 0. The minimum atomic E-state index is -0.431. The Labute approximate surface area is 113 Å². The van der Waals surface area contributed by atoms with E-state index in [1.165, 1.54) is 0 Å². The van der Waals surface area contributed by atoms with E-state index in [4.69, 9.17) is 16.6 Å². The van der Waals surface area contributed by atoms with Crippen molar-refractivity contribution in [3.63, 3.8) is 0 Å². The van der Waals surface area contributed by atoms with Gasteiger partial charge in [0.05, 0.1) is 11.3 Å². The highest BCUT2D eigenvalue weighted by molar-refractivity contribution is 5.99. The van der Waals surface area contributed by atoms with Crippen LogP contribution in [0.15, 0.2) is 18.2 Å². The Morgan fingerprint density at radius 3 is 2.95 bits per heavy atom. The van der Waals surface area contributed by atoms with Gasteiger partial charge in [0.1, 0.15) is 0 Å². The second-order valence-corrected chi connectivity index (χ2v) is 5.11. The number of piperidine rings is 1. The third-order valence-corrected chi connectivity index (χ3v) is 3.68. The van der Waals surface area contributed by atoms with Crippen molar-refractivity contribution in [2.45, 2.75) is 19.3 Å². The summed E-state index contributed by atoms with van der Waals surface area (Å²) in [5, 5.41) is 9.05. The molecule has 0 bridgehead atoms. The third-order valence-electron chi connectivity index (χ3n) is 3.68. The molecule has 1 amide bonds. The fourth-order valence-corrected chi connectivity index (χ4v) is 2.72. The van der Waals surface area contributed by atoms with Crippen LogP contribution in [0.25, 0.3) is 0 Å². The van der Waals surface area contributed by atoms with Gasteiger partial charge in [0, 0.05) is 25.4 Å². The van der Waals surface area contributed by atoms with Crippen molar-refractivity contribution < 1.29 is 9.90 Å². The quantitative estimate of drug-likeness (QED) is 0.706. The van der Waals surface area contributed by atoms with Crippen LogP contribution in [0, 0.1) is 5.92 Å². The Morgan fingerprint density at radius 2 is 2.26 bits per heavy atom. The molecule has 5 heteroatoms. The zero-order valence-corrected chi connectivity index (χ0v) is 11.0. The van der Waals surface area contributed by atoms with E-state index in [0.29, 0.717) is 17.2 Å². The van der Waals surface area contributed by atoms with E-state index in [-0.39, 0.29) is 6.61 Å². The number of carbonyl (C=O) groups excluding carboxylic acids is 1. The Hall–Kier alpha value is -1.75. The molecule has 19 heavy (non-hydrogen) atoms. The van der Waals surface area contributed by atoms with Crippen LogP contribution < -0.4 is 16.4 Å². The van der Waals surface area contributed by atoms with Gasteiger partial charge in [-0.15, -0.1) is 0 Å². The molecule has 0 saturated carbocycles. The number of primary amides is 1. The normalized spacial score (nSPS) is 19.4. The van der Waals surface area contributed by atoms with Gasteiger partial charge in [0.2, 0.25) is 0 Å². The van der Waals surface area contributed by atoms with Crippen LogP contribution in [0.3, 0.4) is 0 Å². The predicted octanol–water partition coefficient (Wildman–Crippen LogP) is 0.966. The molecule has 1 aliphatic rings.